The normalized spacial score (nSPS) is 26.8. The molecule has 0 radical (unpaired) electrons. The number of likely N-dealkylation sites (N-methyl/N-ethyl adjacent to an activating group) is 1. The summed E-state index contributed by atoms with van der Waals surface area (Å²) >= 11 is 5.03. The smallest absolute Gasteiger partial charge is 0.404 e. The Balaban J connectivity index is 2.24. The molecule has 1 atom stereocenters. The second kappa shape index (κ2) is 3.21. The summed E-state index contributed by atoms with van der Waals surface area (Å²) in [6.07, 6.45) is 0.907. The van der Waals surface area contributed by atoms with Gasteiger partial charge in [-0.15, -0.1) is 0 Å². The second-order valence-corrected chi connectivity index (χ2v) is 2.84. The van der Waals surface area contributed by atoms with Crippen molar-refractivity contribution in [3.63, 3.8) is 0 Å². The number of hydrogen-bond donors (Lipinski definition) is 0. The van der Waals surface area contributed by atoms with Crippen LogP contribution in [0.1, 0.15) is 6.42 Å². The van der Waals surface area contributed by atoms with Gasteiger partial charge in [0.05, 0.1) is 0 Å². The molecule has 0 aromatic heterocycles. The van der Waals surface area contributed by atoms with E-state index < -0.39 is 5.43 Å². The maximum Gasteiger partial charge on any atom is 0.404 e. The Hall–Kier alpha value is -0.280. The fraction of sp³-hybridized carbons (Fsp3) is 0.833. The molecule has 1 saturated heterocycles. The van der Waals surface area contributed by atoms with E-state index in [0.717, 1.165) is 19.5 Å². The molecule has 0 aromatic carbocycles. The van der Waals surface area contributed by atoms with Crippen molar-refractivity contribution >= 4 is 17.0 Å². The van der Waals surface area contributed by atoms with Crippen LogP contribution in [0.5, 0.6) is 0 Å². The number of carbonyl (C=O) groups is 1. The average molecular weight is 164 g/mol. The van der Waals surface area contributed by atoms with Crippen LogP contribution in [-0.4, -0.2) is 36.6 Å². The second-order valence-electron chi connectivity index (χ2n) is 2.53. The van der Waals surface area contributed by atoms with E-state index >= 15 is 0 Å². The topological polar surface area (TPSA) is 29.5 Å². The molecular formula is C6H10ClNO2. The fourth-order valence-electron chi connectivity index (χ4n) is 1.12. The van der Waals surface area contributed by atoms with Gasteiger partial charge >= 0.3 is 5.43 Å². The van der Waals surface area contributed by atoms with E-state index in [2.05, 4.69) is 4.90 Å². The van der Waals surface area contributed by atoms with Crippen molar-refractivity contribution in [2.45, 2.75) is 12.5 Å². The zero-order chi connectivity index (χ0) is 7.56. The van der Waals surface area contributed by atoms with Crippen LogP contribution in [0.25, 0.3) is 0 Å². The van der Waals surface area contributed by atoms with E-state index in [1.165, 1.54) is 0 Å². The molecule has 1 fully saturated rings. The molecule has 1 heterocycles. The van der Waals surface area contributed by atoms with E-state index in [9.17, 15) is 4.79 Å². The SMILES string of the molecule is CN1CCC(OC(=O)Cl)C1. The fourth-order valence-corrected chi connectivity index (χ4v) is 1.25. The van der Waals surface area contributed by atoms with Crippen molar-refractivity contribution in [3.8, 4) is 0 Å². The predicted octanol–water partition coefficient (Wildman–Crippen LogP) is 1.07. The van der Waals surface area contributed by atoms with Crippen molar-refractivity contribution < 1.29 is 9.53 Å². The van der Waals surface area contributed by atoms with Crippen LogP contribution in [0, 0.1) is 0 Å². The lowest BCUT2D eigenvalue weighted by Gasteiger charge is -2.08. The Morgan fingerprint density at radius 2 is 2.50 bits per heavy atom. The van der Waals surface area contributed by atoms with Gasteiger partial charge in [0.15, 0.2) is 0 Å². The molecule has 1 aliphatic rings. The van der Waals surface area contributed by atoms with Crippen LogP contribution in [0.15, 0.2) is 0 Å². The quantitative estimate of drug-likeness (QED) is 0.542. The molecule has 3 nitrogen and oxygen atoms in total. The van der Waals surface area contributed by atoms with Crippen LogP contribution in [0.3, 0.4) is 0 Å². The largest absolute Gasteiger partial charge is 0.449 e. The van der Waals surface area contributed by atoms with Crippen LogP contribution in [0.2, 0.25) is 0 Å². The Labute approximate surface area is 64.9 Å². The number of hydrogen-bond acceptors (Lipinski definition) is 3. The first-order valence-corrected chi connectivity index (χ1v) is 3.61. The third-order valence-electron chi connectivity index (χ3n) is 1.61. The van der Waals surface area contributed by atoms with Gasteiger partial charge in [-0.05, 0) is 13.5 Å². The number of likely N-dealkylation sites (tertiary alicyclic amines) is 1. The molecule has 10 heavy (non-hydrogen) atoms. The molecule has 1 aliphatic heterocycles. The van der Waals surface area contributed by atoms with E-state index in [1.807, 2.05) is 7.05 Å². The number of nitrogens with zero attached hydrogens (tertiary/aromatic N) is 1. The number of halogens is 1. The molecular weight excluding hydrogens is 154 g/mol. The summed E-state index contributed by atoms with van der Waals surface area (Å²) in [5.41, 5.74) is -0.694. The summed E-state index contributed by atoms with van der Waals surface area (Å²) in [5.74, 6) is 0. The van der Waals surface area contributed by atoms with Crippen LogP contribution in [-0.2, 0) is 4.74 Å². The van der Waals surface area contributed by atoms with Crippen LogP contribution in [0.4, 0.5) is 4.79 Å². The summed E-state index contributed by atoms with van der Waals surface area (Å²) in [6.45, 7) is 1.79. The van der Waals surface area contributed by atoms with Gasteiger partial charge in [-0.1, -0.05) is 0 Å². The van der Waals surface area contributed by atoms with Gasteiger partial charge in [0.2, 0.25) is 0 Å². The predicted molar refractivity (Wildman–Crippen MR) is 38.2 cm³/mol. The lowest BCUT2D eigenvalue weighted by atomic mass is 10.3. The highest BCUT2D eigenvalue weighted by atomic mass is 35.5. The Kier molecular flexibility index (Phi) is 2.51. The molecule has 58 valence electrons. The third kappa shape index (κ3) is 2.15. The Morgan fingerprint density at radius 3 is 2.90 bits per heavy atom. The molecule has 0 saturated carbocycles. The van der Waals surface area contributed by atoms with Crippen molar-refractivity contribution in [3.05, 3.63) is 0 Å². The van der Waals surface area contributed by atoms with Gasteiger partial charge < -0.3 is 9.64 Å². The Bertz CT molecular complexity index is 140. The minimum absolute atomic E-state index is 0.00926. The number of carbonyl (C=O) groups excluding carboxylic acids is 1. The maximum atomic E-state index is 10.2. The Morgan fingerprint density at radius 1 is 1.80 bits per heavy atom. The molecule has 1 unspecified atom stereocenters. The van der Waals surface area contributed by atoms with Crippen LogP contribution >= 0.6 is 11.6 Å². The standard InChI is InChI=1S/C6H10ClNO2/c1-8-3-2-5(4-8)10-6(7)9/h5H,2-4H2,1H3. The highest BCUT2D eigenvalue weighted by molar-refractivity contribution is 6.61. The lowest BCUT2D eigenvalue weighted by Crippen LogP contribution is -2.19. The molecule has 0 spiro atoms. The molecule has 0 bridgehead atoms. The molecule has 1 rings (SSSR count). The van der Waals surface area contributed by atoms with E-state index in [1.54, 1.807) is 0 Å². The van der Waals surface area contributed by atoms with Crippen molar-refractivity contribution in [2.24, 2.45) is 0 Å². The third-order valence-corrected chi connectivity index (χ3v) is 1.70. The molecule has 0 aliphatic carbocycles. The highest BCUT2D eigenvalue weighted by Gasteiger charge is 2.21. The van der Waals surface area contributed by atoms with Gasteiger partial charge in [-0.2, -0.15) is 0 Å². The number of ether oxygens (including phenoxy) is 1. The monoisotopic (exact) mass is 163 g/mol. The van der Waals surface area contributed by atoms with Crippen molar-refractivity contribution in [2.75, 3.05) is 20.1 Å². The lowest BCUT2D eigenvalue weighted by molar-refractivity contribution is 0.126. The van der Waals surface area contributed by atoms with Gasteiger partial charge in [0.25, 0.3) is 0 Å². The molecule has 0 aromatic rings. The van der Waals surface area contributed by atoms with Gasteiger partial charge in [-0.25, -0.2) is 4.79 Å². The summed E-state index contributed by atoms with van der Waals surface area (Å²) in [5, 5.41) is 0. The van der Waals surface area contributed by atoms with E-state index in [0.29, 0.717) is 0 Å². The van der Waals surface area contributed by atoms with Crippen molar-refractivity contribution in [1.82, 2.24) is 4.90 Å². The summed E-state index contributed by atoms with van der Waals surface area (Å²) < 4.78 is 4.77. The minimum atomic E-state index is -0.694. The zero-order valence-corrected chi connectivity index (χ0v) is 6.60. The first-order chi connectivity index (χ1) is 4.68. The van der Waals surface area contributed by atoms with E-state index in [-0.39, 0.29) is 6.10 Å². The van der Waals surface area contributed by atoms with Crippen LogP contribution < -0.4 is 0 Å². The minimum Gasteiger partial charge on any atom is -0.449 e. The van der Waals surface area contributed by atoms with Gasteiger partial charge in [-0.3, -0.25) is 0 Å². The summed E-state index contributed by atoms with van der Waals surface area (Å²) in [6, 6.07) is 0. The van der Waals surface area contributed by atoms with E-state index in [4.69, 9.17) is 16.3 Å². The molecule has 0 amide bonds. The molecule has 4 heteroatoms. The summed E-state index contributed by atoms with van der Waals surface area (Å²) in [7, 11) is 1.99. The first kappa shape index (κ1) is 7.82. The summed E-state index contributed by atoms with van der Waals surface area (Å²) in [4.78, 5) is 12.3. The number of rotatable bonds is 1. The van der Waals surface area contributed by atoms with Gasteiger partial charge in [0.1, 0.15) is 6.10 Å². The first-order valence-electron chi connectivity index (χ1n) is 3.23. The van der Waals surface area contributed by atoms with Crippen molar-refractivity contribution in [1.29, 1.82) is 0 Å². The molecule has 0 N–H and O–H groups in total. The maximum absolute atomic E-state index is 10.2. The highest BCUT2D eigenvalue weighted by Crippen LogP contribution is 2.11. The average Bonchev–Trinajstić information content (AvgIpc) is 2.13. The zero-order valence-electron chi connectivity index (χ0n) is 5.84. The van der Waals surface area contributed by atoms with Gasteiger partial charge in [0, 0.05) is 24.7 Å².